The monoisotopic (exact) mass is 290 g/mol. The molecule has 0 spiro atoms. The first kappa shape index (κ1) is 13.0. The molecule has 0 unspecified atom stereocenters. The Morgan fingerprint density at radius 1 is 1.30 bits per heavy atom. The van der Waals surface area contributed by atoms with Crippen molar-refractivity contribution in [3.63, 3.8) is 0 Å². The molecule has 1 fully saturated rings. The summed E-state index contributed by atoms with van der Waals surface area (Å²) in [5.41, 5.74) is 8.14. The molecule has 0 atom stereocenters. The first-order valence-corrected chi connectivity index (χ1v) is 7.33. The van der Waals surface area contributed by atoms with Gasteiger partial charge in [0.15, 0.2) is 5.16 Å². The number of rotatable bonds is 4. The van der Waals surface area contributed by atoms with Crippen LogP contribution in [0.4, 0.5) is 5.69 Å². The maximum Gasteiger partial charge on any atom is 0.229 e. The highest BCUT2D eigenvalue weighted by Crippen LogP contribution is 2.22. The molecule has 1 aliphatic heterocycles. The smallest absolute Gasteiger partial charge is 0.229 e. The number of nitrogens with two attached hydrogens (primary N) is 1. The Balaban J connectivity index is 1.62. The molecular formula is C13H14N4O2S. The molecule has 6 nitrogen and oxygen atoms in total. The van der Waals surface area contributed by atoms with Gasteiger partial charge >= 0.3 is 0 Å². The third-order valence-corrected chi connectivity index (χ3v) is 4.05. The molecule has 1 saturated heterocycles. The summed E-state index contributed by atoms with van der Waals surface area (Å²) in [7, 11) is 0. The minimum Gasteiger partial charge on any atom is -0.399 e. The number of benzene rings is 1. The second-order valence-electron chi connectivity index (χ2n) is 4.61. The first-order valence-electron chi connectivity index (χ1n) is 6.35. The van der Waals surface area contributed by atoms with Gasteiger partial charge in [0, 0.05) is 30.8 Å². The predicted molar refractivity (Wildman–Crippen MR) is 77.2 cm³/mol. The van der Waals surface area contributed by atoms with E-state index >= 15 is 0 Å². The summed E-state index contributed by atoms with van der Waals surface area (Å²) in [4.78, 5) is 31.8. The highest BCUT2D eigenvalue weighted by Gasteiger charge is 2.28. The van der Waals surface area contributed by atoms with Gasteiger partial charge in [-0.25, -0.2) is 4.98 Å². The van der Waals surface area contributed by atoms with Crippen molar-refractivity contribution in [3.8, 4) is 0 Å². The number of thioether (sulfide) groups is 1. The zero-order chi connectivity index (χ0) is 14.1. The van der Waals surface area contributed by atoms with Crippen LogP contribution in [0.1, 0.15) is 12.8 Å². The van der Waals surface area contributed by atoms with Gasteiger partial charge in [0.05, 0.1) is 11.0 Å². The van der Waals surface area contributed by atoms with Gasteiger partial charge < -0.3 is 10.7 Å². The number of likely N-dealkylation sites (tertiary alicyclic amines) is 1. The number of carbonyl (C=O) groups excluding carboxylic acids is 2. The largest absolute Gasteiger partial charge is 0.399 e. The number of fused-ring (bicyclic) bond motifs is 1. The number of hydrogen-bond acceptors (Lipinski definition) is 5. The van der Waals surface area contributed by atoms with Crippen LogP contribution in [-0.2, 0) is 9.59 Å². The van der Waals surface area contributed by atoms with E-state index in [4.69, 9.17) is 5.73 Å². The van der Waals surface area contributed by atoms with Gasteiger partial charge in [0.25, 0.3) is 0 Å². The third-order valence-electron chi connectivity index (χ3n) is 3.19. The predicted octanol–water partition coefficient (Wildman–Crippen LogP) is 1.39. The lowest BCUT2D eigenvalue weighted by molar-refractivity contribution is -0.137. The van der Waals surface area contributed by atoms with E-state index in [1.54, 1.807) is 6.07 Å². The number of imide groups is 1. The van der Waals surface area contributed by atoms with Crippen molar-refractivity contribution in [2.45, 2.75) is 18.0 Å². The van der Waals surface area contributed by atoms with E-state index in [2.05, 4.69) is 9.97 Å². The lowest BCUT2D eigenvalue weighted by atomic mass is 10.3. The highest BCUT2D eigenvalue weighted by atomic mass is 32.2. The maximum absolute atomic E-state index is 11.5. The Labute approximate surface area is 119 Å². The Morgan fingerprint density at radius 2 is 2.05 bits per heavy atom. The molecule has 1 aromatic carbocycles. The Morgan fingerprint density at radius 3 is 2.80 bits per heavy atom. The molecular weight excluding hydrogens is 276 g/mol. The topological polar surface area (TPSA) is 92.1 Å². The Kier molecular flexibility index (Phi) is 3.35. The minimum absolute atomic E-state index is 0.0759. The summed E-state index contributed by atoms with van der Waals surface area (Å²) in [6.07, 6.45) is 0.681. The number of carbonyl (C=O) groups is 2. The van der Waals surface area contributed by atoms with Crippen LogP contribution in [0.25, 0.3) is 11.0 Å². The number of nitrogens with zero attached hydrogens (tertiary/aromatic N) is 2. The van der Waals surface area contributed by atoms with Crippen LogP contribution in [0.2, 0.25) is 0 Å². The number of amides is 2. The molecule has 104 valence electrons. The van der Waals surface area contributed by atoms with Crippen LogP contribution in [0.5, 0.6) is 0 Å². The molecule has 2 aromatic rings. The highest BCUT2D eigenvalue weighted by molar-refractivity contribution is 7.99. The van der Waals surface area contributed by atoms with Gasteiger partial charge in [-0.1, -0.05) is 11.8 Å². The number of aromatic nitrogens is 2. The molecule has 0 aliphatic carbocycles. The van der Waals surface area contributed by atoms with Crippen molar-refractivity contribution < 1.29 is 9.59 Å². The van der Waals surface area contributed by atoms with Crippen LogP contribution in [-0.4, -0.2) is 39.0 Å². The number of hydrogen-bond donors (Lipinski definition) is 2. The van der Waals surface area contributed by atoms with E-state index in [1.807, 2.05) is 12.1 Å². The summed E-state index contributed by atoms with van der Waals surface area (Å²) in [6, 6.07) is 5.50. The summed E-state index contributed by atoms with van der Waals surface area (Å²) >= 11 is 1.49. The van der Waals surface area contributed by atoms with Crippen molar-refractivity contribution in [1.82, 2.24) is 14.9 Å². The average Bonchev–Trinajstić information content (AvgIpc) is 2.95. The van der Waals surface area contributed by atoms with Crippen molar-refractivity contribution in [3.05, 3.63) is 18.2 Å². The van der Waals surface area contributed by atoms with Crippen molar-refractivity contribution in [1.29, 1.82) is 0 Å². The molecule has 20 heavy (non-hydrogen) atoms. The lowest BCUT2D eigenvalue weighted by Gasteiger charge is -2.12. The molecule has 0 saturated carbocycles. The van der Waals surface area contributed by atoms with Gasteiger partial charge in [0.2, 0.25) is 11.8 Å². The average molecular weight is 290 g/mol. The number of H-pyrrole nitrogens is 1. The Bertz CT molecular complexity index is 666. The molecule has 1 aliphatic rings. The zero-order valence-electron chi connectivity index (χ0n) is 10.8. The van der Waals surface area contributed by atoms with Gasteiger partial charge in [-0.2, -0.15) is 0 Å². The summed E-state index contributed by atoms with van der Waals surface area (Å²) in [5.74, 6) is 0.480. The third kappa shape index (κ3) is 2.49. The first-order chi connectivity index (χ1) is 9.63. The van der Waals surface area contributed by atoms with Crippen molar-refractivity contribution >= 4 is 40.3 Å². The van der Waals surface area contributed by atoms with Gasteiger partial charge in [0.1, 0.15) is 0 Å². The van der Waals surface area contributed by atoms with E-state index in [1.165, 1.54) is 16.7 Å². The fourth-order valence-electron chi connectivity index (χ4n) is 2.18. The SMILES string of the molecule is Nc1ccc2nc(SCCN3C(=O)CCC3=O)[nH]c2c1. The van der Waals surface area contributed by atoms with E-state index in [0.29, 0.717) is 30.8 Å². The molecule has 3 rings (SSSR count). The molecule has 2 amide bonds. The van der Waals surface area contributed by atoms with Crippen LogP contribution in [0.15, 0.2) is 23.4 Å². The Hall–Kier alpha value is -2.02. The van der Waals surface area contributed by atoms with Crippen molar-refractivity contribution in [2.75, 3.05) is 18.0 Å². The van der Waals surface area contributed by atoms with Crippen LogP contribution >= 0.6 is 11.8 Å². The van der Waals surface area contributed by atoms with Gasteiger partial charge in [-0.3, -0.25) is 14.5 Å². The maximum atomic E-state index is 11.5. The minimum atomic E-state index is -0.0759. The fourth-order valence-corrected chi connectivity index (χ4v) is 2.99. The second kappa shape index (κ2) is 5.16. The summed E-state index contributed by atoms with van der Waals surface area (Å²) in [6.45, 7) is 0.432. The molecule has 1 aromatic heterocycles. The zero-order valence-corrected chi connectivity index (χ0v) is 11.6. The standard InChI is InChI=1S/C13H14N4O2S/c14-8-1-2-9-10(7-8)16-13(15-9)20-6-5-17-11(18)3-4-12(17)19/h1-2,7H,3-6,14H2,(H,15,16). The number of anilines is 1. The normalized spacial score (nSPS) is 15.5. The molecule has 2 heterocycles. The molecule has 7 heteroatoms. The van der Waals surface area contributed by atoms with Crippen molar-refractivity contribution in [2.24, 2.45) is 0 Å². The number of imidazole rings is 1. The number of nitrogen functional groups attached to an aromatic ring is 1. The van der Waals surface area contributed by atoms with Crippen LogP contribution in [0.3, 0.4) is 0 Å². The van der Waals surface area contributed by atoms with E-state index in [0.717, 1.165) is 16.2 Å². The molecule has 3 N–H and O–H groups in total. The fraction of sp³-hybridized carbons (Fsp3) is 0.308. The number of aromatic amines is 1. The van der Waals surface area contributed by atoms with Crippen LogP contribution in [0, 0.1) is 0 Å². The lowest BCUT2D eigenvalue weighted by Crippen LogP contribution is -2.31. The van der Waals surface area contributed by atoms with E-state index < -0.39 is 0 Å². The quantitative estimate of drug-likeness (QED) is 0.504. The summed E-state index contributed by atoms with van der Waals surface area (Å²) < 4.78 is 0. The van der Waals surface area contributed by atoms with E-state index in [-0.39, 0.29) is 11.8 Å². The summed E-state index contributed by atoms with van der Waals surface area (Å²) in [5, 5.41) is 0.768. The second-order valence-corrected chi connectivity index (χ2v) is 5.69. The number of nitrogens with one attached hydrogen (secondary N) is 1. The van der Waals surface area contributed by atoms with E-state index in [9.17, 15) is 9.59 Å². The van der Waals surface area contributed by atoms with Crippen LogP contribution < -0.4 is 5.73 Å². The molecule has 0 bridgehead atoms. The van der Waals surface area contributed by atoms with Gasteiger partial charge in [-0.15, -0.1) is 0 Å². The molecule has 0 radical (unpaired) electrons. The van der Waals surface area contributed by atoms with Gasteiger partial charge in [-0.05, 0) is 18.2 Å².